The summed E-state index contributed by atoms with van der Waals surface area (Å²) in [6.07, 6.45) is 4.08. The molecule has 33 heavy (non-hydrogen) atoms. The SMILES string of the molecule is Cc1ccc(S(=O)(=O)Nc2ccccc2F)cc1C(=O)NCc1ccc(N2CCCC2)nc1. The van der Waals surface area contributed by atoms with Gasteiger partial charge in [0.2, 0.25) is 0 Å². The average Bonchev–Trinajstić information content (AvgIpc) is 3.34. The third-order valence-corrected chi connectivity index (χ3v) is 6.94. The molecule has 9 heteroatoms. The van der Waals surface area contributed by atoms with E-state index in [-0.39, 0.29) is 22.7 Å². The number of sulfonamides is 1. The lowest BCUT2D eigenvalue weighted by Crippen LogP contribution is -2.24. The van der Waals surface area contributed by atoms with E-state index in [2.05, 4.69) is 19.9 Å². The number of pyridine rings is 1. The molecule has 1 aliphatic rings. The Morgan fingerprint density at radius 2 is 1.85 bits per heavy atom. The lowest BCUT2D eigenvalue weighted by molar-refractivity contribution is 0.0950. The van der Waals surface area contributed by atoms with Gasteiger partial charge in [-0.2, -0.15) is 0 Å². The summed E-state index contributed by atoms with van der Waals surface area (Å²) in [4.78, 5) is 19.4. The van der Waals surface area contributed by atoms with E-state index in [1.54, 1.807) is 19.2 Å². The molecule has 0 aliphatic carbocycles. The van der Waals surface area contributed by atoms with E-state index in [4.69, 9.17) is 0 Å². The minimum atomic E-state index is -4.07. The van der Waals surface area contributed by atoms with Gasteiger partial charge in [0, 0.05) is 31.4 Å². The molecule has 1 aromatic heterocycles. The molecule has 3 aromatic rings. The number of aromatic nitrogens is 1. The fraction of sp³-hybridized carbons (Fsp3) is 0.250. The van der Waals surface area contributed by atoms with Crippen molar-refractivity contribution in [3.63, 3.8) is 0 Å². The molecular weight excluding hydrogens is 443 g/mol. The highest BCUT2D eigenvalue weighted by Crippen LogP contribution is 2.22. The molecule has 0 radical (unpaired) electrons. The standard InChI is InChI=1S/C24H25FN4O3S/c1-17-8-10-19(33(31,32)28-22-7-3-2-6-21(22)25)14-20(17)24(30)27-16-18-9-11-23(26-15-18)29-12-4-5-13-29/h2-3,6-11,14-15,28H,4-5,12-13,16H2,1H3,(H,27,30). The van der Waals surface area contributed by atoms with Crippen LogP contribution >= 0.6 is 0 Å². The fourth-order valence-electron chi connectivity index (χ4n) is 3.69. The number of nitrogens with one attached hydrogen (secondary N) is 2. The summed E-state index contributed by atoms with van der Waals surface area (Å²) >= 11 is 0. The average molecular weight is 469 g/mol. The van der Waals surface area contributed by atoms with Gasteiger partial charge in [-0.15, -0.1) is 0 Å². The summed E-state index contributed by atoms with van der Waals surface area (Å²) in [5.74, 6) is -0.159. The van der Waals surface area contributed by atoms with Gasteiger partial charge in [-0.05, 0) is 61.2 Å². The van der Waals surface area contributed by atoms with Crippen molar-refractivity contribution in [2.45, 2.75) is 31.2 Å². The van der Waals surface area contributed by atoms with Crippen LogP contribution in [0.2, 0.25) is 0 Å². The van der Waals surface area contributed by atoms with Gasteiger partial charge >= 0.3 is 0 Å². The topological polar surface area (TPSA) is 91.4 Å². The van der Waals surface area contributed by atoms with E-state index in [0.717, 1.165) is 24.5 Å². The summed E-state index contributed by atoms with van der Waals surface area (Å²) in [5, 5.41) is 2.81. The number of nitrogens with zero attached hydrogens (tertiary/aromatic N) is 2. The fourth-order valence-corrected chi connectivity index (χ4v) is 4.79. The Bertz CT molecular complexity index is 1260. The molecule has 4 rings (SSSR count). The summed E-state index contributed by atoms with van der Waals surface area (Å²) in [7, 11) is -4.07. The van der Waals surface area contributed by atoms with Crippen molar-refractivity contribution >= 4 is 27.4 Å². The van der Waals surface area contributed by atoms with Crippen LogP contribution in [0.15, 0.2) is 65.7 Å². The van der Waals surface area contributed by atoms with E-state index < -0.39 is 21.7 Å². The van der Waals surface area contributed by atoms with Crippen LogP contribution in [0.5, 0.6) is 0 Å². The predicted octanol–water partition coefficient (Wildman–Crippen LogP) is 3.86. The highest BCUT2D eigenvalue weighted by molar-refractivity contribution is 7.92. The monoisotopic (exact) mass is 468 g/mol. The van der Waals surface area contributed by atoms with Crippen molar-refractivity contribution < 1.29 is 17.6 Å². The Balaban J connectivity index is 1.45. The minimum absolute atomic E-state index is 0.127. The first-order valence-corrected chi connectivity index (χ1v) is 12.2. The van der Waals surface area contributed by atoms with Gasteiger partial charge in [0.25, 0.3) is 15.9 Å². The highest BCUT2D eigenvalue weighted by Gasteiger charge is 2.20. The molecule has 2 aromatic carbocycles. The normalized spacial score (nSPS) is 13.7. The van der Waals surface area contributed by atoms with Gasteiger partial charge in [0.05, 0.1) is 10.6 Å². The van der Waals surface area contributed by atoms with Crippen LogP contribution in [0.25, 0.3) is 0 Å². The molecule has 0 unspecified atom stereocenters. The smallest absolute Gasteiger partial charge is 0.262 e. The second-order valence-electron chi connectivity index (χ2n) is 7.96. The molecule has 1 fully saturated rings. The summed E-state index contributed by atoms with van der Waals surface area (Å²) in [5.41, 5.74) is 1.54. The van der Waals surface area contributed by atoms with Crippen molar-refractivity contribution in [3.8, 4) is 0 Å². The second kappa shape index (κ2) is 9.58. The number of para-hydroxylation sites is 1. The maximum absolute atomic E-state index is 13.9. The molecule has 2 heterocycles. The zero-order chi connectivity index (χ0) is 23.4. The molecule has 1 amide bonds. The Morgan fingerprint density at radius 3 is 2.55 bits per heavy atom. The second-order valence-corrected chi connectivity index (χ2v) is 9.65. The van der Waals surface area contributed by atoms with Gasteiger partial charge in [0.1, 0.15) is 11.6 Å². The predicted molar refractivity (Wildman–Crippen MR) is 125 cm³/mol. The molecule has 172 valence electrons. The molecule has 7 nitrogen and oxygen atoms in total. The molecule has 2 N–H and O–H groups in total. The van der Waals surface area contributed by atoms with Gasteiger partial charge in [-0.25, -0.2) is 17.8 Å². The first-order valence-electron chi connectivity index (χ1n) is 10.7. The molecule has 0 saturated carbocycles. The van der Waals surface area contributed by atoms with Crippen molar-refractivity contribution in [3.05, 3.63) is 83.3 Å². The molecular formula is C24H25FN4O3S. The van der Waals surface area contributed by atoms with Crippen molar-refractivity contribution in [1.29, 1.82) is 0 Å². The number of aryl methyl sites for hydroxylation is 1. The van der Waals surface area contributed by atoms with E-state index in [1.807, 2.05) is 12.1 Å². The number of carbonyl (C=O) groups is 1. The third-order valence-electron chi connectivity index (χ3n) is 5.57. The molecule has 0 atom stereocenters. The highest BCUT2D eigenvalue weighted by atomic mass is 32.2. The van der Waals surface area contributed by atoms with Gasteiger partial charge < -0.3 is 10.2 Å². The number of halogens is 1. The van der Waals surface area contributed by atoms with Crippen LogP contribution in [-0.4, -0.2) is 32.4 Å². The molecule has 0 bridgehead atoms. The van der Waals surface area contributed by atoms with Gasteiger partial charge in [0.15, 0.2) is 0 Å². The largest absolute Gasteiger partial charge is 0.357 e. The van der Waals surface area contributed by atoms with E-state index in [0.29, 0.717) is 5.56 Å². The lowest BCUT2D eigenvalue weighted by Gasteiger charge is -2.16. The van der Waals surface area contributed by atoms with Crippen LogP contribution in [0.4, 0.5) is 15.9 Å². The van der Waals surface area contributed by atoms with Crippen LogP contribution < -0.4 is 14.9 Å². The number of anilines is 2. The number of carbonyl (C=O) groups excluding carboxylic acids is 1. The van der Waals surface area contributed by atoms with Gasteiger partial charge in [-0.3, -0.25) is 9.52 Å². The number of amides is 1. The van der Waals surface area contributed by atoms with E-state index in [9.17, 15) is 17.6 Å². The van der Waals surface area contributed by atoms with E-state index >= 15 is 0 Å². The quantitative estimate of drug-likeness (QED) is 0.550. The van der Waals surface area contributed by atoms with Crippen LogP contribution in [0.3, 0.4) is 0 Å². The van der Waals surface area contributed by atoms with E-state index in [1.165, 1.54) is 49.2 Å². The van der Waals surface area contributed by atoms with Crippen LogP contribution in [0, 0.1) is 12.7 Å². The Labute approximate surface area is 192 Å². The number of hydrogen-bond acceptors (Lipinski definition) is 5. The third kappa shape index (κ3) is 5.31. The van der Waals surface area contributed by atoms with Crippen LogP contribution in [-0.2, 0) is 16.6 Å². The zero-order valence-corrected chi connectivity index (χ0v) is 19.0. The first-order chi connectivity index (χ1) is 15.8. The summed E-state index contributed by atoms with van der Waals surface area (Å²) in [6.45, 7) is 4.00. The maximum Gasteiger partial charge on any atom is 0.262 e. The first kappa shape index (κ1) is 22.7. The molecule has 1 aliphatic heterocycles. The van der Waals surface area contributed by atoms with Gasteiger partial charge in [-0.1, -0.05) is 24.3 Å². The Morgan fingerprint density at radius 1 is 1.09 bits per heavy atom. The Kier molecular flexibility index (Phi) is 6.60. The maximum atomic E-state index is 13.9. The number of benzene rings is 2. The van der Waals surface area contributed by atoms with Crippen molar-refractivity contribution in [2.24, 2.45) is 0 Å². The Hall–Kier alpha value is -3.46. The van der Waals surface area contributed by atoms with Crippen molar-refractivity contribution in [1.82, 2.24) is 10.3 Å². The summed E-state index contributed by atoms with van der Waals surface area (Å²) in [6, 6.07) is 13.6. The van der Waals surface area contributed by atoms with Crippen molar-refractivity contribution in [2.75, 3.05) is 22.7 Å². The summed E-state index contributed by atoms with van der Waals surface area (Å²) < 4.78 is 41.6. The zero-order valence-electron chi connectivity index (χ0n) is 18.2. The number of hydrogen-bond donors (Lipinski definition) is 2. The minimum Gasteiger partial charge on any atom is -0.357 e. The molecule has 1 saturated heterocycles. The number of rotatable bonds is 7. The van der Waals surface area contributed by atoms with Crippen LogP contribution in [0.1, 0.15) is 34.3 Å². The lowest BCUT2D eigenvalue weighted by atomic mass is 10.1. The molecule has 0 spiro atoms.